The number of ether oxygens (including phenoxy) is 1. The number of rotatable bonds is 4. The maximum absolute atomic E-state index is 11.6. The molecule has 1 rings (SSSR count). The molecule has 2 unspecified atom stereocenters. The van der Waals surface area contributed by atoms with Gasteiger partial charge in [0.2, 0.25) is 5.91 Å². The Hall–Kier alpha value is -1.10. The summed E-state index contributed by atoms with van der Waals surface area (Å²) in [6, 6.07) is 0.191. The van der Waals surface area contributed by atoms with Gasteiger partial charge in [-0.15, -0.1) is 0 Å². The van der Waals surface area contributed by atoms with Crippen molar-refractivity contribution in [3.8, 4) is 0 Å². The van der Waals surface area contributed by atoms with Gasteiger partial charge in [0.1, 0.15) is 0 Å². The van der Waals surface area contributed by atoms with E-state index in [0.29, 0.717) is 13.1 Å². The fourth-order valence-electron chi connectivity index (χ4n) is 2.19. The minimum atomic E-state index is -0.223. The lowest BCUT2D eigenvalue weighted by Gasteiger charge is -2.36. The lowest BCUT2D eigenvalue weighted by molar-refractivity contribution is -0.149. The number of amides is 1. The average Bonchev–Trinajstić information content (AvgIpc) is 2.34. The van der Waals surface area contributed by atoms with Crippen molar-refractivity contribution in [2.75, 3.05) is 26.7 Å². The van der Waals surface area contributed by atoms with Crippen LogP contribution < -0.4 is 5.32 Å². The van der Waals surface area contributed by atoms with E-state index in [4.69, 9.17) is 4.74 Å². The highest BCUT2D eigenvalue weighted by atomic mass is 16.5. The Balaban J connectivity index is 2.62. The van der Waals surface area contributed by atoms with Crippen LogP contribution in [0, 0.1) is 5.92 Å². The Morgan fingerprint density at radius 3 is 2.65 bits per heavy atom. The van der Waals surface area contributed by atoms with Crippen LogP contribution in [-0.4, -0.2) is 49.6 Å². The molecule has 0 spiro atoms. The van der Waals surface area contributed by atoms with Crippen LogP contribution in [0.15, 0.2) is 0 Å². The van der Waals surface area contributed by atoms with E-state index in [0.717, 1.165) is 19.4 Å². The van der Waals surface area contributed by atoms with Gasteiger partial charge in [-0.05, 0) is 19.4 Å². The molecule has 0 saturated carbocycles. The van der Waals surface area contributed by atoms with Crippen LogP contribution in [0.5, 0.6) is 0 Å². The fourth-order valence-corrected chi connectivity index (χ4v) is 2.19. The molecule has 2 atom stereocenters. The van der Waals surface area contributed by atoms with E-state index >= 15 is 0 Å². The molecule has 1 saturated heterocycles. The third-order valence-corrected chi connectivity index (χ3v) is 3.11. The molecule has 0 radical (unpaired) electrons. The van der Waals surface area contributed by atoms with Gasteiger partial charge in [-0.25, -0.2) is 0 Å². The number of hydrogen-bond donors (Lipinski definition) is 1. The predicted molar refractivity (Wildman–Crippen MR) is 64.5 cm³/mol. The quantitative estimate of drug-likeness (QED) is 0.725. The predicted octanol–water partition coefficient (Wildman–Crippen LogP) is 0.396. The Morgan fingerprint density at radius 1 is 1.41 bits per heavy atom. The number of nitrogens with zero attached hydrogens (tertiary/aromatic N) is 1. The highest BCUT2D eigenvalue weighted by Crippen LogP contribution is 2.18. The van der Waals surface area contributed by atoms with Crippen molar-refractivity contribution in [1.29, 1.82) is 0 Å². The van der Waals surface area contributed by atoms with Crippen LogP contribution in [0.4, 0.5) is 0 Å². The van der Waals surface area contributed by atoms with Gasteiger partial charge in [0.05, 0.1) is 13.0 Å². The number of esters is 1. The third-order valence-electron chi connectivity index (χ3n) is 3.11. The third kappa shape index (κ3) is 4.00. The Bertz CT molecular complexity index is 281. The SMILES string of the molecule is CCCNC1CC(C(=O)OC)CN(C(C)=O)C1. The van der Waals surface area contributed by atoms with Gasteiger partial charge in [0.25, 0.3) is 0 Å². The van der Waals surface area contributed by atoms with Crippen LogP contribution in [0.3, 0.4) is 0 Å². The second-order valence-corrected chi connectivity index (χ2v) is 4.53. The van der Waals surface area contributed by atoms with E-state index in [2.05, 4.69) is 12.2 Å². The number of carbonyl (C=O) groups excluding carboxylic acids is 2. The molecule has 1 aliphatic heterocycles. The first-order valence-electron chi connectivity index (χ1n) is 6.15. The Kier molecular flexibility index (Phi) is 5.41. The summed E-state index contributed by atoms with van der Waals surface area (Å²) in [5, 5.41) is 3.36. The summed E-state index contributed by atoms with van der Waals surface area (Å²) >= 11 is 0. The van der Waals surface area contributed by atoms with Crippen LogP contribution in [0.1, 0.15) is 26.7 Å². The van der Waals surface area contributed by atoms with Crippen molar-refractivity contribution in [2.24, 2.45) is 5.92 Å². The number of piperidine rings is 1. The summed E-state index contributed by atoms with van der Waals surface area (Å²) in [7, 11) is 1.39. The van der Waals surface area contributed by atoms with Gasteiger partial charge in [-0.2, -0.15) is 0 Å². The molecule has 0 aliphatic carbocycles. The number of likely N-dealkylation sites (tertiary alicyclic amines) is 1. The summed E-state index contributed by atoms with van der Waals surface area (Å²) in [6.45, 7) is 5.70. The summed E-state index contributed by atoms with van der Waals surface area (Å²) in [5.41, 5.74) is 0. The number of carbonyl (C=O) groups is 2. The minimum Gasteiger partial charge on any atom is -0.469 e. The molecule has 0 aromatic rings. The number of hydrogen-bond acceptors (Lipinski definition) is 4. The fraction of sp³-hybridized carbons (Fsp3) is 0.833. The molecule has 98 valence electrons. The largest absolute Gasteiger partial charge is 0.469 e. The molecule has 1 N–H and O–H groups in total. The van der Waals surface area contributed by atoms with Crippen molar-refractivity contribution in [2.45, 2.75) is 32.7 Å². The lowest BCUT2D eigenvalue weighted by Crippen LogP contribution is -2.52. The Labute approximate surface area is 102 Å². The van der Waals surface area contributed by atoms with Crippen molar-refractivity contribution >= 4 is 11.9 Å². The second kappa shape index (κ2) is 6.59. The first-order chi connectivity index (χ1) is 8.08. The molecule has 0 bridgehead atoms. The molecule has 5 nitrogen and oxygen atoms in total. The molecule has 17 heavy (non-hydrogen) atoms. The molecule has 1 fully saturated rings. The summed E-state index contributed by atoms with van der Waals surface area (Å²) in [5.74, 6) is -0.409. The zero-order valence-electron chi connectivity index (χ0n) is 10.9. The average molecular weight is 242 g/mol. The van der Waals surface area contributed by atoms with Gasteiger partial charge in [0.15, 0.2) is 0 Å². The molecule has 5 heteroatoms. The van der Waals surface area contributed by atoms with Crippen molar-refractivity contribution in [3.63, 3.8) is 0 Å². The van der Waals surface area contributed by atoms with Crippen LogP contribution >= 0.6 is 0 Å². The molecular weight excluding hydrogens is 220 g/mol. The molecule has 0 aromatic heterocycles. The first kappa shape index (κ1) is 14.0. The van der Waals surface area contributed by atoms with Crippen LogP contribution in [0.25, 0.3) is 0 Å². The van der Waals surface area contributed by atoms with Gasteiger partial charge < -0.3 is 15.0 Å². The maximum atomic E-state index is 11.6. The van der Waals surface area contributed by atoms with E-state index in [9.17, 15) is 9.59 Å². The highest BCUT2D eigenvalue weighted by Gasteiger charge is 2.32. The van der Waals surface area contributed by atoms with Gasteiger partial charge in [0, 0.05) is 26.1 Å². The number of nitrogens with one attached hydrogen (secondary N) is 1. The maximum Gasteiger partial charge on any atom is 0.310 e. The van der Waals surface area contributed by atoms with E-state index in [1.807, 2.05) is 0 Å². The normalized spacial score (nSPS) is 24.5. The summed E-state index contributed by atoms with van der Waals surface area (Å²) in [4.78, 5) is 24.7. The topological polar surface area (TPSA) is 58.6 Å². The standard InChI is InChI=1S/C12H22N2O3/c1-4-5-13-11-6-10(12(16)17-3)7-14(8-11)9(2)15/h10-11,13H,4-8H2,1-3H3. The highest BCUT2D eigenvalue weighted by molar-refractivity contribution is 5.76. The second-order valence-electron chi connectivity index (χ2n) is 4.53. The molecule has 1 aliphatic rings. The van der Waals surface area contributed by atoms with Gasteiger partial charge in [-0.1, -0.05) is 6.92 Å². The molecule has 1 heterocycles. The first-order valence-corrected chi connectivity index (χ1v) is 6.15. The molecule has 1 amide bonds. The van der Waals surface area contributed by atoms with E-state index in [-0.39, 0.29) is 23.8 Å². The van der Waals surface area contributed by atoms with Gasteiger partial charge >= 0.3 is 5.97 Å². The van der Waals surface area contributed by atoms with Crippen molar-refractivity contribution < 1.29 is 14.3 Å². The Morgan fingerprint density at radius 2 is 2.12 bits per heavy atom. The van der Waals surface area contributed by atoms with Crippen molar-refractivity contribution in [1.82, 2.24) is 10.2 Å². The van der Waals surface area contributed by atoms with Crippen LogP contribution in [0.2, 0.25) is 0 Å². The number of methoxy groups -OCH3 is 1. The lowest BCUT2D eigenvalue weighted by atomic mass is 9.94. The monoisotopic (exact) mass is 242 g/mol. The summed E-state index contributed by atoms with van der Waals surface area (Å²) < 4.78 is 4.77. The summed E-state index contributed by atoms with van der Waals surface area (Å²) in [6.07, 6.45) is 1.79. The minimum absolute atomic E-state index is 0.0156. The van der Waals surface area contributed by atoms with Gasteiger partial charge in [-0.3, -0.25) is 9.59 Å². The molecular formula is C12H22N2O3. The zero-order chi connectivity index (χ0) is 12.8. The zero-order valence-corrected chi connectivity index (χ0v) is 10.9. The smallest absolute Gasteiger partial charge is 0.310 e. The van der Waals surface area contributed by atoms with Crippen molar-refractivity contribution in [3.05, 3.63) is 0 Å². The van der Waals surface area contributed by atoms with E-state index in [1.54, 1.807) is 4.90 Å². The van der Waals surface area contributed by atoms with E-state index < -0.39 is 0 Å². The van der Waals surface area contributed by atoms with E-state index in [1.165, 1.54) is 14.0 Å². The van der Waals surface area contributed by atoms with Crippen LogP contribution in [-0.2, 0) is 14.3 Å². The molecule has 0 aromatic carbocycles.